The highest BCUT2D eigenvalue weighted by molar-refractivity contribution is 7.45. The Hall–Kier alpha value is 2.31. The van der Waals surface area contributed by atoms with Crippen LogP contribution >= 0.6 is 66.5 Å². The van der Waals surface area contributed by atoms with E-state index in [-0.39, 0.29) is 0 Å². The SMILES string of the molecule is CCOCCC[Si](C)(Cl)Cl.CCOCCC[Si](C)(Cl)Cl.C[Si](C)(Cl)Cl. The van der Waals surface area contributed by atoms with Crippen LogP contribution in [0.5, 0.6) is 0 Å². The highest BCUT2D eigenvalue weighted by atomic mass is 35.7. The molecule has 0 heterocycles. The molecule has 0 saturated heterocycles. The Kier molecular flexibility index (Phi) is 23.5. The van der Waals surface area contributed by atoms with Crippen LogP contribution < -0.4 is 0 Å². The largest absolute Gasteiger partial charge is 0.382 e. The zero-order valence-electron chi connectivity index (χ0n) is 16.2. The zero-order chi connectivity index (χ0) is 20.6. The molecule has 0 aliphatic carbocycles. The summed E-state index contributed by atoms with van der Waals surface area (Å²) in [5.74, 6) is 0. The molecule has 25 heavy (non-hydrogen) atoms. The van der Waals surface area contributed by atoms with Crippen molar-refractivity contribution in [3.05, 3.63) is 0 Å². The van der Waals surface area contributed by atoms with E-state index in [9.17, 15) is 0 Å². The molecule has 0 aliphatic heterocycles. The first-order valence-corrected chi connectivity index (χ1v) is 22.9. The molecule has 0 fully saturated rings. The van der Waals surface area contributed by atoms with Crippen LogP contribution in [-0.2, 0) is 9.47 Å². The van der Waals surface area contributed by atoms with Crippen molar-refractivity contribution in [2.75, 3.05) is 26.4 Å². The minimum absolute atomic E-state index is 0.781. The molecule has 0 N–H and O–H groups in total. The predicted octanol–water partition coefficient (Wildman–Crippen LogP) is 8.09. The van der Waals surface area contributed by atoms with Crippen molar-refractivity contribution in [3.63, 3.8) is 0 Å². The summed E-state index contributed by atoms with van der Waals surface area (Å²) in [6.07, 6.45) is 1.98. The van der Waals surface area contributed by atoms with Gasteiger partial charge in [-0.05, 0) is 65.0 Å². The summed E-state index contributed by atoms with van der Waals surface area (Å²) in [7, 11) is 0. The van der Waals surface area contributed by atoms with Crippen molar-refractivity contribution in [2.45, 2.75) is 65.0 Å². The van der Waals surface area contributed by atoms with Crippen molar-refractivity contribution in [1.29, 1.82) is 0 Å². The topological polar surface area (TPSA) is 18.5 Å². The number of ether oxygens (including phenoxy) is 2. The van der Waals surface area contributed by atoms with Gasteiger partial charge < -0.3 is 9.47 Å². The third kappa shape index (κ3) is 58.4. The lowest BCUT2D eigenvalue weighted by atomic mass is 10.5. The Morgan fingerprint density at radius 1 is 0.600 bits per heavy atom. The van der Waals surface area contributed by atoms with Gasteiger partial charge in [0.15, 0.2) is 0 Å². The van der Waals surface area contributed by atoms with Crippen LogP contribution in [0.2, 0.25) is 38.3 Å². The second-order valence-corrected chi connectivity index (χ2v) is 31.4. The van der Waals surface area contributed by atoms with E-state index in [4.69, 9.17) is 75.9 Å². The normalized spacial score (nSPS) is 12.0. The summed E-state index contributed by atoms with van der Waals surface area (Å²) >= 11 is 34.3. The molecule has 0 unspecified atom stereocenters. The van der Waals surface area contributed by atoms with Crippen LogP contribution in [0.4, 0.5) is 0 Å². The highest BCUT2D eigenvalue weighted by Crippen LogP contribution is 2.21. The summed E-state index contributed by atoms with van der Waals surface area (Å²) in [6.45, 7) is 9.34. The maximum Gasteiger partial charge on any atom is 0.248 e. The lowest BCUT2D eigenvalue weighted by Crippen LogP contribution is -2.13. The molecule has 0 spiro atoms. The van der Waals surface area contributed by atoms with Crippen LogP contribution in [0.25, 0.3) is 0 Å². The van der Waals surface area contributed by atoms with Gasteiger partial charge in [-0.25, -0.2) is 0 Å². The lowest BCUT2D eigenvalue weighted by Gasteiger charge is -2.08. The number of hydrogen-bond acceptors (Lipinski definition) is 2. The van der Waals surface area contributed by atoms with Gasteiger partial charge in [-0.3, -0.25) is 0 Å². The monoisotopic (exact) mass is 528 g/mol. The molecule has 0 aliphatic rings. The fraction of sp³-hybridized carbons (Fsp3) is 1.00. The van der Waals surface area contributed by atoms with Crippen LogP contribution in [0.15, 0.2) is 0 Å². The maximum absolute atomic E-state index is 5.86. The Bertz CT molecular complexity index is 253. The Balaban J connectivity index is -0.000000308. The first kappa shape index (κ1) is 32.0. The summed E-state index contributed by atoms with van der Waals surface area (Å²) in [5.41, 5.74) is 0. The molecule has 0 aromatic rings. The Morgan fingerprint density at radius 3 is 1.00 bits per heavy atom. The predicted molar refractivity (Wildman–Crippen MR) is 128 cm³/mol. The van der Waals surface area contributed by atoms with Crippen molar-refractivity contribution in [2.24, 2.45) is 0 Å². The second-order valence-electron chi connectivity index (χ2n) is 6.07. The van der Waals surface area contributed by atoms with Crippen molar-refractivity contribution in [1.82, 2.24) is 0 Å². The Labute approximate surface area is 186 Å². The van der Waals surface area contributed by atoms with E-state index in [0.717, 1.165) is 51.4 Å². The highest BCUT2D eigenvalue weighted by Gasteiger charge is 2.20. The quantitative estimate of drug-likeness (QED) is 0.161. The third-order valence-electron chi connectivity index (χ3n) is 2.22. The van der Waals surface area contributed by atoms with E-state index >= 15 is 0 Å². The average Bonchev–Trinajstić information content (AvgIpc) is 2.37. The maximum atomic E-state index is 5.86. The van der Waals surface area contributed by atoms with Gasteiger partial charge in [-0.15, -0.1) is 66.5 Å². The summed E-state index contributed by atoms with van der Waals surface area (Å²) in [4.78, 5) is 0. The Morgan fingerprint density at radius 2 is 0.840 bits per heavy atom. The van der Waals surface area contributed by atoms with Gasteiger partial charge in [0.25, 0.3) is 0 Å². The molecule has 0 rings (SSSR count). The number of halogens is 6. The first-order valence-electron chi connectivity index (χ1n) is 8.41. The fourth-order valence-electron chi connectivity index (χ4n) is 1.26. The number of rotatable bonds is 10. The molecular weight excluding hydrogens is 497 g/mol. The van der Waals surface area contributed by atoms with Gasteiger partial charge in [-0.1, -0.05) is 0 Å². The van der Waals surface area contributed by atoms with Crippen molar-refractivity contribution < 1.29 is 9.47 Å². The third-order valence-corrected chi connectivity index (χ3v) is 6.95. The van der Waals surface area contributed by atoms with Gasteiger partial charge in [0.2, 0.25) is 20.1 Å². The number of hydrogen-bond donors (Lipinski definition) is 0. The molecule has 0 atom stereocenters. The molecule has 0 radical (unpaired) electrons. The van der Waals surface area contributed by atoms with Crippen molar-refractivity contribution >= 4 is 86.6 Å². The van der Waals surface area contributed by atoms with Gasteiger partial charge in [0.1, 0.15) is 0 Å². The van der Waals surface area contributed by atoms with Gasteiger partial charge in [0, 0.05) is 26.4 Å². The second kappa shape index (κ2) is 18.3. The smallest absolute Gasteiger partial charge is 0.248 e. The fourth-order valence-corrected chi connectivity index (χ4v) is 4.39. The van der Waals surface area contributed by atoms with E-state index in [2.05, 4.69) is 0 Å². The first-order chi connectivity index (χ1) is 11.1. The minimum atomic E-state index is -1.84. The molecule has 11 heteroatoms. The zero-order valence-corrected chi connectivity index (χ0v) is 23.8. The lowest BCUT2D eigenvalue weighted by molar-refractivity contribution is 0.148. The van der Waals surface area contributed by atoms with Crippen molar-refractivity contribution in [3.8, 4) is 0 Å². The van der Waals surface area contributed by atoms with Gasteiger partial charge in [-0.2, -0.15) is 0 Å². The molecule has 0 aromatic carbocycles. The molecule has 0 bridgehead atoms. The van der Waals surface area contributed by atoms with Gasteiger partial charge >= 0.3 is 0 Å². The van der Waals surface area contributed by atoms with E-state index in [1.807, 2.05) is 40.0 Å². The van der Waals surface area contributed by atoms with Crippen LogP contribution in [0, 0.1) is 0 Å². The molecule has 0 saturated carbocycles. The summed E-state index contributed by atoms with van der Waals surface area (Å²) in [5, 5.41) is 0. The van der Waals surface area contributed by atoms with Crippen LogP contribution in [0.1, 0.15) is 26.7 Å². The molecule has 0 aromatic heterocycles. The van der Waals surface area contributed by atoms with Gasteiger partial charge in [0.05, 0.1) is 0 Å². The summed E-state index contributed by atoms with van der Waals surface area (Å²) in [6, 6.07) is 1.85. The van der Waals surface area contributed by atoms with E-state index < -0.39 is 20.1 Å². The minimum Gasteiger partial charge on any atom is -0.382 e. The standard InChI is InChI=1S/2C6H14Cl2OSi.C2H6Cl2Si/c2*1-3-9-5-4-6-10(2,7)8;1-5(2,3)4/h2*3-6H2,1-2H3;1-2H3. The average molecular weight is 531 g/mol. The summed E-state index contributed by atoms with van der Waals surface area (Å²) < 4.78 is 10.3. The van der Waals surface area contributed by atoms with E-state index in [1.54, 1.807) is 0 Å². The van der Waals surface area contributed by atoms with E-state index in [0.29, 0.717) is 0 Å². The molecule has 0 amide bonds. The molecule has 2 nitrogen and oxygen atoms in total. The van der Waals surface area contributed by atoms with Crippen LogP contribution in [0.3, 0.4) is 0 Å². The molecular formula is C14H34Cl6O2Si3. The van der Waals surface area contributed by atoms with Crippen LogP contribution in [-0.4, -0.2) is 46.5 Å². The molecule has 156 valence electrons. The van der Waals surface area contributed by atoms with E-state index in [1.165, 1.54) is 0 Å².